The molecule has 1 heterocycles. The first-order valence-corrected chi connectivity index (χ1v) is 8.41. The van der Waals surface area contributed by atoms with Crippen LogP contribution in [0.1, 0.15) is 32.1 Å². The molecule has 3 heteroatoms. The minimum atomic E-state index is 0.254. The lowest BCUT2D eigenvalue weighted by Gasteiger charge is -2.55. The second kappa shape index (κ2) is 4.87. The van der Waals surface area contributed by atoms with Crippen LogP contribution in [-0.4, -0.2) is 37.0 Å². The van der Waals surface area contributed by atoms with Crippen LogP contribution in [-0.2, 0) is 4.79 Å². The molecule has 0 aromatic rings. The van der Waals surface area contributed by atoms with Crippen molar-refractivity contribution in [2.75, 3.05) is 26.2 Å². The van der Waals surface area contributed by atoms with Gasteiger partial charge in [-0.05, 0) is 61.7 Å². The summed E-state index contributed by atoms with van der Waals surface area (Å²) in [6.07, 6.45) is 6.94. The summed E-state index contributed by atoms with van der Waals surface area (Å²) in [5.41, 5.74) is 0.945. The van der Waals surface area contributed by atoms with Crippen LogP contribution in [0.25, 0.3) is 0 Å². The fraction of sp³-hybridized carbons (Fsp3) is 0.824. The SMILES string of the molecule is C=C(C(=O)N1CCNCC1)C1C2CC3CC(C2)CC1C3. The molecule has 1 saturated heterocycles. The topological polar surface area (TPSA) is 32.3 Å². The smallest absolute Gasteiger partial charge is 0.249 e. The minimum absolute atomic E-state index is 0.254. The fourth-order valence-electron chi connectivity index (χ4n) is 5.71. The Labute approximate surface area is 121 Å². The summed E-state index contributed by atoms with van der Waals surface area (Å²) in [6.45, 7) is 7.83. The summed E-state index contributed by atoms with van der Waals surface area (Å²) in [6, 6.07) is 0. The van der Waals surface area contributed by atoms with Gasteiger partial charge in [0.25, 0.3) is 0 Å². The fourth-order valence-corrected chi connectivity index (χ4v) is 5.71. The van der Waals surface area contributed by atoms with Gasteiger partial charge in [0.05, 0.1) is 0 Å². The molecule has 1 N–H and O–H groups in total. The molecule has 4 saturated carbocycles. The van der Waals surface area contributed by atoms with Gasteiger partial charge < -0.3 is 10.2 Å². The number of carbonyl (C=O) groups excluding carboxylic acids is 1. The van der Waals surface area contributed by atoms with Crippen molar-refractivity contribution in [1.82, 2.24) is 10.2 Å². The van der Waals surface area contributed by atoms with Gasteiger partial charge >= 0.3 is 0 Å². The molecule has 0 aromatic heterocycles. The highest BCUT2D eigenvalue weighted by molar-refractivity contribution is 5.93. The Hall–Kier alpha value is -0.830. The standard InChI is InChI=1S/C17H26N2O/c1-11(17(20)19-4-2-18-3-5-19)16-14-7-12-6-13(9-14)10-15(16)8-12/h12-16,18H,1-10H2. The van der Waals surface area contributed by atoms with Crippen LogP contribution in [0.15, 0.2) is 12.2 Å². The third kappa shape index (κ3) is 2.02. The summed E-state index contributed by atoms with van der Waals surface area (Å²) >= 11 is 0. The molecule has 0 atom stereocenters. The Balaban J connectivity index is 1.49. The Morgan fingerprint density at radius 1 is 0.950 bits per heavy atom. The van der Waals surface area contributed by atoms with Gasteiger partial charge in [-0.2, -0.15) is 0 Å². The van der Waals surface area contributed by atoms with E-state index in [1.165, 1.54) is 32.1 Å². The van der Waals surface area contributed by atoms with Gasteiger partial charge in [0.1, 0.15) is 0 Å². The van der Waals surface area contributed by atoms with Crippen LogP contribution in [0, 0.1) is 29.6 Å². The Morgan fingerprint density at radius 2 is 1.50 bits per heavy atom. The average Bonchev–Trinajstić information content (AvgIpc) is 2.46. The van der Waals surface area contributed by atoms with Gasteiger partial charge in [0.15, 0.2) is 0 Å². The second-order valence-corrected chi connectivity index (χ2v) is 7.52. The largest absolute Gasteiger partial charge is 0.336 e. The number of hydrogen-bond donors (Lipinski definition) is 1. The molecule has 0 spiro atoms. The zero-order valence-electron chi connectivity index (χ0n) is 12.3. The molecule has 20 heavy (non-hydrogen) atoms. The maximum Gasteiger partial charge on any atom is 0.249 e. The Kier molecular flexibility index (Phi) is 3.13. The number of nitrogens with zero attached hydrogens (tertiary/aromatic N) is 1. The molecule has 5 fully saturated rings. The van der Waals surface area contributed by atoms with Gasteiger partial charge in [-0.25, -0.2) is 0 Å². The van der Waals surface area contributed by atoms with Crippen molar-refractivity contribution in [2.45, 2.75) is 32.1 Å². The van der Waals surface area contributed by atoms with Crippen molar-refractivity contribution in [1.29, 1.82) is 0 Å². The van der Waals surface area contributed by atoms with Crippen LogP contribution in [0.4, 0.5) is 0 Å². The normalized spacial score (nSPS) is 42.8. The first-order chi connectivity index (χ1) is 9.72. The quantitative estimate of drug-likeness (QED) is 0.782. The molecule has 0 unspecified atom stereocenters. The van der Waals surface area contributed by atoms with Crippen LogP contribution < -0.4 is 5.32 Å². The third-order valence-electron chi connectivity index (χ3n) is 6.31. The lowest BCUT2D eigenvalue weighted by atomic mass is 9.50. The van der Waals surface area contributed by atoms with Crippen molar-refractivity contribution in [3.63, 3.8) is 0 Å². The van der Waals surface area contributed by atoms with Crippen LogP contribution in [0.2, 0.25) is 0 Å². The first kappa shape index (κ1) is 12.9. The molecular formula is C17H26N2O. The number of hydrogen-bond acceptors (Lipinski definition) is 2. The molecule has 4 bridgehead atoms. The maximum atomic E-state index is 12.7. The molecule has 1 aliphatic heterocycles. The Morgan fingerprint density at radius 3 is 2.05 bits per heavy atom. The predicted molar refractivity (Wildman–Crippen MR) is 79.1 cm³/mol. The number of nitrogens with one attached hydrogen (secondary N) is 1. The van der Waals surface area contributed by atoms with Crippen molar-refractivity contribution < 1.29 is 4.79 Å². The summed E-state index contributed by atoms with van der Waals surface area (Å²) in [5, 5.41) is 3.32. The molecule has 5 aliphatic rings. The van der Waals surface area contributed by atoms with E-state index in [-0.39, 0.29) is 5.91 Å². The van der Waals surface area contributed by atoms with Gasteiger partial charge in [-0.1, -0.05) is 6.58 Å². The van der Waals surface area contributed by atoms with Crippen LogP contribution in [0.3, 0.4) is 0 Å². The number of piperazine rings is 1. The molecule has 110 valence electrons. The molecular weight excluding hydrogens is 248 g/mol. The number of carbonyl (C=O) groups is 1. The van der Waals surface area contributed by atoms with E-state index < -0.39 is 0 Å². The zero-order chi connectivity index (χ0) is 13.7. The van der Waals surface area contributed by atoms with Gasteiger partial charge in [-0.15, -0.1) is 0 Å². The number of amides is 1. The molecule has 1 amide bonds. The molecule has 4 aliphatic carbocycles. The van der Waals surface area contributed by atoms with E-state index in [0.29, 0.717) is 5.92 Å². The molecule has 0 aromatic carbocycles. The van der Waals surface area contributed by atoms with Gasteiger partial charge in [0, 0.05) is 31.8 Å². The highest BCUT2D eigenvalue weighted by Gasteiger charge is 2.50. The maximum absolute atomic E-state index is 12.7. The van der Waals surface area contributed by atoms with E-state index in [4.69, 9.17) is 0 Å². The van der Waals surface area contributed by atoms with Crippen molar-refractivity contribution in [2.24, 2.45) is 29.6 Å². The van der Waals surface area contributed by atoms with E-state index in [1.807, 2.05) is 4.90 Å². The average molecular weight is 274 g/mol. The zero-order valence-corrected chi connectivity index (χ0v) is 12.3. The monoisotopic (exact) mass is 274 g/mol. The molecule has 5 rings (SSSR count). The van der Waals surface area contributed by atoms with Crippen molar-refractivity contribution >= 4 is 5.91 Å². The summed E-state index contributed by atoms with van der Waals surface area (Å²) in [7, 11) is 0. The molecule has 0 radical (unpaired) electrons. The van der Waals surface area contributed by atoms with E-state index in [1.54, 1.807) is 0 Å². The molecule has 3 nitrogen and oxygen atoms in total. The summed E-state index contributed by atoms with van der Waals surface area (Å²) in [4.78, 5) is 14.7. The van der Waals surface area contributed by atoms with E-state index in [2.05, 4.69) is 11.9 Å². The highest BCUT2D eigenvalue weighted by atomic mass is 16.2. The minimum Gasteiger partial charge on any atom is -0.336 e. The van der Waals surface area contributed by atoms with E-state index in [9.17, 15) is 4.79 Å². The van der Waals surface area contributed by atoms with Gasteiger partial charge in [0.2, 0.25) is 5.91 Å². The Bertz CT molecular complexity index is 397. The van der Waals surface area contributed by atoms with E-state index in [0.717, 1.165) is 55.4 Å². The predicted octanol–water partition coefficient (Wildman–Crippen LogP) is 2.05. The van der Waals surface area contributed by atoms with Crippen LogP contribution in [0.5, 0.6) is 0 Å². The van der Waals surface area contributed by atoms with Crippen molar-refractivity contribution in [3.05, 3.63) is 12.2 Å². The van der Waals surface area contributed by atoms with Gasteiger partial charge in [-0.3, -0.25) is 4.79 Å². The summed E-state index contributed by atoms with van der Waals surface area (Å²) in [5.74, 6) is 4.23. The third-order valence-corrected chi connectivity index (χ3v) is 6.31. The second-order valence-electron chi connectivity index (χ2n) is 7.52. The summed E-state index contributed by atoms with van der Waals surface area (Å²) < 4.78 is 0. The highest BCUT2D eigenvalue weighted by Crippen LogP contribution is 2.58. The van der Waals surface area contributed by atoms with E-state index >= 15 is 0 Å². The lowest BCUT2D eigenvalue weighted by Crippen LogP contribution is -2.51. The van der Waals surface area contributed by atoms with Crippen molar-refractivity contribution in [3.8, 4) is 0 Å². The van der Waals surface area contributed by atoms with Crippen LogP contribution >= 0.6 is 0 Å². The first-order valence-electron chi connectivity index (χ1n) is 8.41. The number of rotatable bonds is 2. The lowest BCUT2D eigenvalue weighted by molar-refractivity contribution is -0.130.